The molecule has 24 heavy (non-hydrogen) atoms. The van der Waals surface area contributed by atoms with Crippen molar-refractivity contribution in [2.75, 3.05) is 0 Å². The van der Waals surface area contributed by atoms with E-state index >= 15 is 0 Å². The summed E-state index contributed by atoms with van der Waals surface area (Å²) in [7, 11) is 0. The highest BCUT2D eigenvalue weighted by Crippen LogP contribution is 2.55. The van der Waals surface area contributed by atoms with Gasteiger partial charge < -0.3 is 4.74 Å². The van der Waals surface area contributed by atoms with Crippen molar-refractivity contribution in [1.82, 2.24) is 0 Å². The Bertz CT molecular complexity index is 535. The van der Waals surface area contributed by atoms with Crippen molar-refractivity contribution in [3.63, 3.8) is 0 Å². The number of rotatable bonds is 1. The Labute approximate surface area is 146 Å². The van der Waals surface area contributed by atoms with E-state index < -0.39 is 0 Å². The fraction of sp³-hybridized carbons (Fsp3) is 0.810. The first-order valence-corrected chi connectivity index (χ1v) is 9.81. The van der Waals surface area contributed by atoms with Crippen LogP contribution in [0.25, 0.3) is 0 Å². The molecule has 0 heterocycles. The van der Waals surface area contributed by atoms with E-state index in [-0.39, 0.29) is 17.5 Å². The molecule has 3 aliphatic rings. The van der Waals surface area contributed by atoms with Crippen LogP contribution in [0.5, 0.6) is 0 Å². The van der Waals surface area contributed by atoms with Crippen LogP contribution in [0.15, 0.2) is 11.6 Å². The first-order chi connectivity index (χ1) is 11.4. The summed E-state index contributed by atoms with van der Waals surface area (Å²) in [6, 6.07) is 0. The largest absolute Gasteiger partial charge is 0.462 e. The second kappa shape index (κ2) is 7.01. The van der Waals surface area contributed by atoms with Crippen molar-refractivity contribution in [2.45, 2.75) is 84.7 Å². The van der Waals surface area contributed by atoms with Gasteiger partial charge in [0.15, 0.2) is 5.78 Å². The van der Waals surface area contributed by atoms with Crippen LogP contribution in [0, 0.1) is 23.2 Å². The molecule has 3 heteroatoms. The van der Waals surface area contributed by atoms with Crippen molar-refractivity contribution < 1.29 is 14.3 Å². The van der Waals surface area contributed by atoms with Crippen molar-refractivity contribution in [2.24, 2.45) is 23.2 Å². The fourth-order valence-electron chi connectivity index (χ4n) is 5.60. The highest BCUT2D eigenvalue weighted by atomic mass is 16.5. The summed E-state index contributed by atoms with van der Waals surface area (Å²) < 4.78 is 5.60. The lowest BCUT2D eigenvalue weighted by Crippen LogP contribution is -2.41. The minimum Gasteiger partial charge on any atom is -0.462 e. The van der Waals surface area contributed by atoms with Gasteiger partial charge in [0.25, 0.3) is 0 Å². The molecule has 3 nitrogen and oxygen atoms in total. The zero-order chi connectivity index (χ0) is 17.3. The molecule has 5 atom stereocenters. The van der Waals surface area contributed by atoms with Crippen molar-refractivity contribution in [1.29, 1.82) is 0 Å². The molecule has 3 rings (SSSR count). The maximum absolute atomic E-state index is 11.9. The van der Waals surface area contributed by atoms with Gasteiger partial charge in [0.05, 0.1) is 0 Å². The molecule has 0 aromatic heterocycles. The van der Waals surface area contributed by atoms with E-state index in [4.69, 9.17) is 4.74 Å². The Balaban J connectivity index is 1.79. The minimum absolute atomic E-state index is 0.0819. The molecule has 0 amide bonds. The smallest absolute Gasteiger partial charge is 0.302 e. The number of hydrogen-bond donors (Lipinski definition) is 0. The van der Waals surface area contributed by atoms with Gasteiger partial charge in [0.1, 0.15) is 6.10 Å². The van der Waals surface area contributed by atoms with Crippen LogP contribution in [-0.2, 0) is 14.3 Å². The van der Waals surface area contributed by atoms with Gasteiger partial charge in [-0.3, -0.25) is 9.59 Å². The standard InChI is InChI=1S/C21H32O3/c1-14-7-10-19-16(5-4-6-20(14)24-15(2)22)8-9-17-13-18(23)11-12-21(17,19)3/h13-14,16,19-20H,4-12H2,1-3H3/t14-,16+,19-,20+,21-/m0/s1. The average Bonchev–Trinajstić information content (AvgIpc) is 2.59. The number of esters is 1. The summed E-state index contributed by atoms with van der Waals surface area (Å²) in [4.78, 5) is 23.3. The van der Waals surface area contributed by atoms with E-state index in [0.29, 0.717) is 17.6 Å². The first kappa shape index (κ1) is 17.7. The van der Waals surface area contributed by atoms with Crippen LogP contribution in [0.2, 0.25) is 0 Å². The number of ether oxygens (including phenoxy) is 1. The number of carbonyl (C=O) groups is 2. The fourth-order valence-corrected chi connectivity index (χ4v) is 5.60. The Morgan fingerprint density at radius 3 is 2.71 bits per heavy atom. The third kappa shape index (κ3) is 3.45. The molecular formula is C21H32O3. The molecule has 0 radical (unpaired) electrons. The molecular weight excluding hydrogens is 300 g/mol. The number of ketones is 1. The Morgan fingerprint density at radius 1 is 1.17 bits per heavy atom. The van der Waals surface area contributed by atoms with Crippen molar-refractivity contribution in [3.05, 3.63) is 11.6 Å². The van der Waals surface area contributed by atoms with E-state index in [0.717, 1.165) is 44.4 Å². The Morgan fingerprint density at radius 2 is 1.96 bits per heavy atom. The molecule has 0 unspecified atom stereocenters. The van der Waals surface area contributed by atoms with Gasteiger partial charge in [0.2, 0.25) is 0 Å². The SMILES string of the molecule is CC(=O)O[C@@H]1CCC[C@@H]2CCC3=CC(=O)CC[C@]3(C)[C@H]2CC[C@@H]1C. The van der Waals surface area contributed by atoms with Crippen molar-refractivity contribution >= 4 is 11.8 Å². The summed E-state index contributed by atoms with van der Waals surface area (Å²) in [5.74, 6) is 2.06. The predicted molar refractivity (Wildman–Crippen MR) is 94.4 cm³/mol. The van der Waals surface area contributed by atoms with Gasteiger partial charge in [-0.25, -0.2) is 0 Å². The van der Waals surface area contributed by atoms with Gasteiger partial charge >= 0.3 is 5.97 Å². The molecule has 2 fully saturated rings. The van der Waals surface area contributed by atoms with E-state index in [9.17, 15) is 9.59 Å². The summed E-state index contributed by atoms with van der Waals surface area (Å²) in [5, 5.41) is 0. The first-order valence-electron chi connectivity index (χ1n) is 9.81. The lowest BCUT2D eigenvalue weighted by molar-refractivity contribution is -0.149. The van der Waals surface area contributed by atoms with Crippen LogP contribution < -0.4 is 0 Å². The van der Waals surface area contributed by atoms with Crippen LogP contribution in [0.4, 0.5) is 0 Å². The summed E-state index contributed by atoms with van der Waals surface area (Å²) in [6.07, 6.45) is 11.8. The molecule has 0 bridgehead atoms. The summed E-state index contributed by atoms with van der Waals surface area (Å²) >= 11 is 0. The predicted octanol–water partition coefficient (Wildman–Crippen LogP) is 4.84. The van der Waals surface area contributed by atoms with Gasteiger partial charge in [0, 0.05) is 13.3 Å². The number of carbonyl (C=O) groups excluding carboxylic acids is 2. The molecule has 0 aromatic carbocycles. The average molecular weight is 332 g/mol. The normalized spacial score (nSPS) is 40.3. The highest BCUT2D eigenvalue weighted by molar-refractivity contribution is 5.91. The lowest BCUT2D eigenvalue weighted by atomic mass is 9.54. The summed E-state index contributed by atoms with van der Waals surface area (Å²) in [6.45, 7) is 6.17. The molecule has 0 aromatic rings. The molecule has 0 spiro atoms. The van der Waals surface area contributed by atoms with E-state index in [2.05, 4.69) is 13.8 Å². The van der Waals surface area contributed by atoms with Crippen LogP contribution in [0.1, 0.15) is 78.6 Å². The third-order valence-electron chi connectivity index (χ3n) is 7.08. The zero-order valence-electron chi connectivity index (χ0n) is 15.5. The number of hydrogen-bond acceptors (Lipinski definition) is 3. The molecule has 134 valence electrons. The molecule has 0 saturated heterocycles. The summed E-state index contributed by atoms with van der Waals surface area (Å²) in [5.41, 5.74) is 1.64. The maximum Gasteiger partial charge on any atom is 0.302 e. The van der Waals surface area contributed by atoms with Crippen molar-refractivity contribution in [3.8, 4) is 0 Å². The second-order valence-corrected chi connectivity index (χ2v) is 8.59. The maximum atomic E-state index is 11.9. The quantitative estimate of drug-likeness (QED) is 0.645. The van der Waals surface area contributed by atoms with Gasteiger partial charge in [-0.2, -0.15) is 0 Å². The Kier molecular flexibility index (Phi) is 5.17. The van der Waals surface area contributed by atoms with Gasteiger partial charge in [-0.15, -0.1) is 0 Å². The molecule has 3 aliphatic carbocycles. The van der Waals surface area contributed by atoms with Crippen LogP contribution in [0.3, 0.4) is 0 Å². The number of allylic oxidation sites excluding steroid dienone is 2. The molecule has 0 aliphatic heterocycles. The monoisotopic (exact) mass is 332 g/mol. The van der Waals surface area contributed by atoms with E-state index in [1.54, 1.807) is 0 Å². The zero-order valence-corrected chi connectivity index (χ0v) is 15.5. The van der Waals surface area contributed by atoms with E-state index in [1.807, 2.05) is 6.08 Å². The number of fused-ring (bicyclic) bond motifs is 3. The lowest BCUT2D eigenvalue weighted by Gasteiger charge is -2.50. The van der Waals surface area contributed by atoms with Gasteiger partial charge in [-0.05, 0) is 74.2 Å². The molecule has 0 N–H and O–H groups in total. The Hall–Kier alpha value is -1.12. The highest BCUT2D eigenvalue weighted by Gasteiger charge is 2.46. The van der Waals surface area contributed by atoms with Gasteiger partial charge in [-0.1, -0.05) is 25.8 Å². The minimum atomic E-state index is -0.147. The topological polar surface area (TPSA) is 43.4 Å². The van der Waals surface area contributed by atoms with Crippen LogP contribution >= 0.6 is 0 Å². The molecule has 2 saturated carbocycles. The van der Waals surface area contributed by atoms with E-state index in [1.165, 1.54) is 31.8 Å². The third-order valence-corrected chi connectivity index (χ3v) is 7.08. The van der Waals surface area contributed by atoms with Crippen LogP contribution in [-0.4, -0.2) is 17.9 Å². The second-order valence-electron chi connectivity index (χ2n) is 8.59.